The number of nitrogens with zero attached hydrogens (tertiary/aromatic N) is 1. The highest BCUT2D eigenvalue weighted by Gasteiger charge is 2.56. The molecule has 25 heavy (non-hydrogen) atoms. The lowest BCUT2D eigenvalue weighted by atomic mass is 9.91. The van der Waals surface area contributed by atoms with Crippen LogP contribution in [0, 0.1) is 0 Å². The van der Waals surface area contributed by atoms with Crippen LogP contribution in [0.25, 0.3) is 0 Å². The lowest BCUT2D eigenvalue weighted by molar-refractivity contribution is -0.184. The van der Waals surface area contributed by atoms with Crippen LogP contribution in [0.5, 0.6) is 5.75 Å². The Hall–Kier alpha value is -1.52. The Kier molecular flexibility index (Phi) is 3.55. The molecule has 1 N–H and O–H groups in total. The summed E-state index contributed by atoms with van der Waals surface area (Å²) in [5.74, 6) is -4.73. The normalized spacial score (nSPS) is 27.4. The molecule has 0 amide bonds. The maximum absolute atomic E-state index is 13.4. The summed E-state index contributed by atoms with van der Waals surface area (Å²) in [5.41, 5.74) is -1.81. The van der Waals surface area contributed by atoms with Crippen LogP contribution in [0.3, 0.4) is 0 Å². The van der Waals surface area contributed by atoms with Crippen LogP contribution in [0.1, 0.15) is 42.2 Å². The molecule has 138 valence electrons. The molecular weight excluding hydrogens is 353 g/mol. The molecule has 2 heterocycles. The predicted molar refractivity (Wildman–Crippen MR) is 71.0 cm³/mol. The Morgan fingerprint density at radius 1 is 1.16 bits per heavy atom. The number of ether oxygens (including phenoxy) is 3. The van der Waals surface area contributed by atoms with Gasteiger partial charge in [0, 0.05) is 24.8 Å². The van der Waals surface area contributed by atoms with Gasteiger partial charge in [-0.05, 0) is 0 Å². The molecule has 4 rings (SSSR count). The first kappa shape index (κ1) is 16.9. The second kappa shape index (κ2) is 5.24. The molecule has 0 radical (unpaired) electrons. The van der Waals surface area contributed by atoms with Crippen LogP contribution >= 0.6 is 0 Å². The number of hydrogen-bond donors (Lipinski definition) is 1. The first-order valence-corrected chi connectivity index (χ1v) is 7.72. The van der Waals surface area contributed by atoms with Crippen LogP contribution in [0.4, 0.5) is 22.0 Å². The number of aliphatic hydroxyl groups excluding tert-OH is 1. The monoisotopic (exact) mass is 367 g/mol. The van der Waals surface area contributed by atoms with Gasteiger partial charge in [-0.3, -0.25) is 0 Å². The van der Waals surface area contributed by atoms with E-state index >= 15 is 0 Å². The molecule has 1 atom stereocenters. The van der Waals surface area contributed by atoms with Crippen molar-refractivity contribution in [3.63, 3.8) is 0 Å². The second-order valence-electron chi connectivity index (χ2n) is 6.43. The number of pyridine rings is 1. The van der Waals surface area contributed by atoms with Gasteiger partial charge in [0.1, 0.15) is 11.9 Å². The van der Waals surface area contributed by atoms with Gasteiger partial charge in [0.2, 0.25) is 0 Å². The maximum Gasteiger partial charge on any atom is 0.433 e. The zero-order valence-electron chi connectivity index (χ0n) is 12.8. The van der Waals surface area contributed by atoms with Crippen molar-refractivity contribution in [1.82, 2.24) is 4.98 Å². The summed E-state index contributed by atoms with van der Waals surface area (Å²) in [6.45, 7) is 0.146. The van der Waals surface area contributed by atoms with Crippen LogP contribution in [-0.4, -0.2) is 35.3 Å². The fourth-order valence-corrected chi connectivity index (χ4v) is 3.58. The Bertz CT molecular complexity index is 694. The lowest BCUT2D eigenvalue weighted by Gasteiger charge is -2.35. The third kappa shape index (κ3) is 2.67. The van der Waals surface area contributed by atoms with Gasteiger partial charge in [0.15, 0.2) is 11.5 Å². The third-order valence-electron chi connectivity index (χ3n) is 4.63. The van der Waals surface area contributed by atoms with Crippen molar-refractivity contribution >= 4 is 0 Å². The van der Waals surface area contributed by atoms with Crippen molar-refractivity contribution in [2.45, 2.75) is 49.4 Å². The maximum atomic E-state index is 13.4. The summed E-state index contributed by atoms with van der Waals surface area (Å²) >= 11 is 0. The van der Waals surface area contributed by atoms with Gasteiger partial charge in [-0.25, -0.2) is 13.8 Å². The van der Waals surface area contributed by atoms with E-state index in [9.17, 15) is 27.1 Å². The molecule has 5 nitrogen and oxygen atoms in total. The van der Waals surface area contributed by atoms with E-state index in [2.05, 4.69) is 4.98 Å². The highest BCUT2D eigenvalue weighted by atomic mass is 19.4. The van der Waals surface area contributed by atoms with E-state index in [4.69, 9.17) is 14.2 Å². The number of hydrogen-bond acceptors (Lipinski definition) is 5. The number of aromatic nitrogens is 1. The van der Waals surface area contributed by atoms with Gasteiger partial charge >= 0.3 is 6.18 Å². The van der Waals surface area contributed by atoms with Crippen molar-refractivity contribution in [3.8, 4) is 5.75 Å². The molecule has 0 aromatic carbocycles. The van der Waals surface area contributed by atoms with Gasteiger partial charge in [-0.1, -0.05) is 0 Å². The molecule has 1 spiro atoms. The van der Waals surface area contributed by atoms with Gasteiger partial charge in [-0.2, -0.15) is 13.2 Å². The summed E-state index contributed by atoms with van der Waals surface area (Å²) in [7, 11) is 0. The zero-order valence-corrected chi connectivity index (χ0v) is 12.8. The lowest BCUT2D eigenvalue weighted by Crippen LogP contribution is -2.43. The van der Waals surface area contributed by atoms with Crippen molar-refractivity contribution in [2.75, 3.05) is 13.2 Å². The molecule has 2 fully saturated rings. The Morgan fingerprint density at radius 3 is 2.36 bits per heavy atom. The highest BCUT2D eigenvalue weighted by Crippen LogP contribution is 2.55. The van der Waals surface area contributed by atoms with E-state index in [1.807, 2.05) is 0 Å². The molecule has 2 aliphatic carbocycles. The van der Waals surface area contributed by atoms with Crippen molar-refractivity contribution in [3.05, 3.63) is 23.0 Å². The number of alkyl halides is 5. The van der Waals surface area contributed by atoms with Gasteiger partial charge in [0.05, 0.1) is 31.1 Å². The average Bonchev–Trinajstić information content (AvgIpc) is 3.03. The van der Waals surface area contributed by atoms with E-state index in [-0.39, 0.29) is 30.9 Å². The minimum Gasteiger partial charge on any atom is -0.488 e. The zero-order chi connectivity index (χ0) is 18.0. The Labute approximate surface area is 138 Å². The molecule has 1 saturated carbocycles. The Morgan fingerprint density at radius 2 is 1.80 bits per heavy atom. The minimum atomic E-state index is -4.79. The van der Waals surface area contributed by atoms with Crippen molar-refractivity contribution < 1.29 is 41.3 Å². The van der Waals surface area contributed by atoms with Crippen LogP contribution in [0.15, 0.2) is 6.20 Å². The molecule has 1 aromatic rings. The van der Waals surface area contributed by atoms with Crippen LogP contribution in [-0.2, 0) is 21.4 Å². The first-order valence-electron chi connectivity index (χ1n) is 7.72. The first-order chi connectivity index (χ1) is 11.6. The van der Waals surface area contributed by atoms with E-state index < -0.39 is 54.2 Å². The number of rotatable bonds is 2. The SMILES string of the molecule is OC1CC2(OCCO2)c2c(C(F)(F)F)ncc(OC3CC(F)(F)C3)c21. The summed E-state index contributed by atoms with van der Waals surface area (Å²) < 4.78 is 82.2. The fourth-order valence-electron chi connectivity index (χ4n) is 3.58. The summed E-state index contributed by atoms with van der Waals surface area (Å²) in [4.78, 5) is 3.41. The number of aliphatic hydroxyl groups is 1. The molecule has 1 aliphatic heterocycles. The fraction of sp³-hybridized carbons (Fsp3) is 0.667. The average molecular weight is 367 g/mol. The molecular formula is C15H14F5NO4. The van der Waals surface area contributed by atoms with Gasteiger partial charge in [0.25, 0.3) is 5.92 Å². The van der Waals surface area contributed by atoms with E-state index in [1.165, 1.54) is 0 Å². The standard InChI is InChI=1S/C15H14F5NO4/c16-13(17)3-7(4-13)25-9-6-21-12(15(18,19)20)11-10(9)8(22)5-14(11)23-1-2-24-14/h6-8,22H,1-5H2. The summed E-state index contributed by atoms with van der Waals surface area (Å²) in [5, 5.41) is 10.3. The minimum absolute atomic E-state index is 0.0728. The highest BCUT2D eigenvalue weighted by molar-refractivity contribution is 5.50. The topological polar surface area (TPSA) is 60.8 Å². The van der Waals surface area contributed by atoms with Crippen molar-refractivity contribution in [2.24, 2.45) is 0 Å². The Balaban J connectivity index is 1.77. The van der Waals surface area contributed by atoms with Crippen LogP contribution < -0.4 is 4.74 Å². The molecule has 1 unspecified atom stereocenters. The van der Waals surface area contributed by atoms with Crippen molar-refractivity contribution in [1.29, 1.82) is 0 Å². The summed E-state index contributed by atoms with van der Waals surface area (Å²) in [6.07, 6.45) is -7.46. The van der Waals surface area contributed by atoms with E-state index in [0.29, 0.717) is 0 Å². The third-order valence-corrected chi connectivity index (χ3v) is 4.63. The smallest absolute Gasteiger partial charge is 0.433 e. The molecule has 1 aromatic heterocycles. The number of halogens is 5. The quantitative estimate of drug-likeness (QED) is 0.815. The van der Waals surface area contributed by atoms with E-state index in [0.717, 1.165) is 6.20 Å². The van der Waals surface area contributed by atoms with E-state index in [1.54, 1.807) is 0 Å². The van der Waals surface area contributed by atoms with Crippen LogP contribution in [0.2, 0.25) is 0 Å². The van der Waals surface area contributed by atoms with Gasteiger partial charge in [-0.15, -0.1) is 0 Å². The molecule has 10 heteroatoms. The second-order valence-corrected chi connectivity index (χ2v) is 6.43. The number of fused-ring (bicyclic) bond motifs is 2. The summed E-state index contributed by atoms with van der Waals surface area (Å²) in [6, 6.07) is 0. The largest absolute Gasteiger partial charge is 0.488 e. The molecule has 0 bridgehead atoms. The molecule has 1 saturated heterocycles. The predicted octanol–water partition coefficient (Wildman–Crippen LogP) is 2.91. The van der Waals surface area contributed by atoms with Gasteiger partial charge < -0.3 is 19.3 Å². The molecule has 3 aliphatic rings.